The fourth-order valence-electron chi connectivity index (χ4n) is 0.533. The van der Waals surface area contributed by atoms with Gasteiger partial charge in [0.05, 0.1) is 0 Å². The Bertz CT molecular complexity index is 194. The smallest absolute Gasteiger partial charge is 0.217 e. The van der Waals surface area contributed by atoms with Gasteiger partial charge in [-0.05, 0) is 11.6 Å². The maximum Gasteiger partial charge on any atom is 0.217 e. The highest BCUT2D eigenvalue weighted by Gasteiger charge is 1.91. The van der Waals surface area contributed by atoms with Gasteiger partial charge in [-0.1, -0.05) is 12.7 Å². The Morgan fingerprint density at radius 1 is 1.73 bits per heavy atom. The molecule has 0 saturated carbocycles. The lowest BCUT2D eigenvalue weighted by atomic mass is 10.2. The highest BCUT2D eigenvalue weighted by Crippen LogP contribution is 1.90. The van der Waals surface area contributed by atoms with Crippen LogP contribution in [0.15, 0.2) is 24.3 Å². The van der Waals surface area contributed by atoms with E-state index in [-0.39, 0.29) is 5.91 Å². The summed E-state index contributed by atoms with van der Waals surface area (Å²) in [7, 11) is 0. The molecule has 0 saturated heterocycles. The third-order valence-corrected chi connectivity index (χ3v) is 1.10. The van der Waals surface area contributed by atoms with Crippen molar-refractivity contribution >= 4 is 12.1 Å². The number of nitrogens with one attached hydrogen (secondary N) is 2. The fourth-order valence-corrected chi connectivity index (χ4v) is 0.533. The second-order valence-electron chi connectivity index (χ2n) is 2.02. The summed E-state index contributed by atoms with van der Waals surface area (Å²) in [6.45, 7) is 5.42. The Labute approximate surface area is 66.3 Å². The maximum atomic E-state index is 10.4. The van der Waals surface area contributed by atoms with Gasteiger partial charge in [-0.3, -0.25) is 4.79 Å². The Hall–Kier alpha value is -1.38. The normalized spacial score (nSPS) is 10.5. The first-order valence-corrected chi connectivity index (χ1v) is 3.27. The summed E-state index contributed by atoms with van der Waals surface area (Å²) in [5.74, 6) is -0.0808. The summed E-state index contributed by atoms with van der Waals surface area (Å²) in [4.78, 5) is 10.4. The second-order valence-corrected chi connectivity index (χ2v) is 2.02. The Kier molecular flexibility index (Phi) is 4.73. The van der Waals surface area contributed by atoms with Gasteiger partial charge in [0.2, 0.25) is 5.91 Å². The van der Waals surface area contributed by atoms with Crippen LogP contribution < -0.4 is 5.32 Å². The van der Waals surface area contributed by atoms with Crippen LogP contribution in [0.3, 0.4) is 0 Å². The van der Waals surface area contributed by atoms with Crippen molar-refractivity contribution < 1.29 is 4.79 Å². The molecule has 0 aromatic heterocycles. The van der Waals surface area contributed by atoms with E-state index in [9.17, 15) is 4.79 Å². The van der Waals surface area contributed by atoms with E-state index in [0.29, 0.717) is 6.54 Å². The van der Waals surface area contributed by atoms with Gasteiger partial charge in [-0.25, -0.2) is 0 Å². The van der Waals surface area contributed by atoms with Crippen molar-refractivity contribution in [1.29, 1.82) is 5.41 Å². The van der Waals surface area contributed by atoms with E-state index in [1.165, 1.54) is 13.1 Å². The van der Waals surface area contributed by atoms with Crippen LogP contribution in [0.4, 0.5) is 0 Å². The van der Waals surface area contributed by atoms with Crippen LogP contribution in [0.1, 0.15) is 6.92 Å². The number of carbonyl (C=O) groups excluding carboxylic acids is 1. The third kappa shape index (κ3) is 5.08. The fraction of sp³-hybridized carbons (Fsp3) is 0.250. The van der Waals surface area contributed by atoms with Gasteiger partial charge in [-0.2, -0.15) is 0 Å². The zero-order valence-electron chi connectivity index (χ0n) is 6.55. The molecule has 3 heteroatoms. The molecule has 3 nitrogen and oxygen atoms in total. The second kappa shape index (κ2) is 5.41. The van der Waals surface area contributed by atoms with Crippen LogP contribution in [-0.2, 0) is 4.79 Å². The molecule has 0 aliphatic rings. The lowest BCUT2D eigenvalue weighted by molar-refractivity contribution is -0.118. The number of hydrogen-bond acceptors (Lipinski definition) is 2. The average molecular weight is 152 g/mol. The van der Waals surface area contributed by atoms with Crippen molar-refractivity contribution in [2.24, 2.45) is 0 Å². The van der Waals surface area contributed by atoms with Crippen molar-refractivity contribution in [1.82, 2.24) is 5.32 Å². The topological polar surface area (TPSA) is 53.0 Å². The SMILES string of the molecule is C=C/C(=C\C=N)CNC(C)=O. The number of rotatable bonds is 4. The molecule has 0 fully saturated rings. The van der Waals surface area contributed by atoms with E-state index in [1.807, 2.05) is 0 Å². The van der Waals surface area contributed by atoms with Gasteiger partial charge >= 0.3 is 0 Å². The predicted octanol–water partition coefficient (Wildman–Crippen LogP) is 0.884. The molecule has 11 heavy (non-hydrogen) atoms. The molecule has 0 aliphatic heterocycles. The number of amides is 1. The summed E-state index contributed by atoms with van der Waals surface area (Å²) < 4.78 is 0. The van der Waals surface area contributed by atoms with Gasteiger partial charge < -0.3 is 10.7 Å². The molecule has 0 aliphatic carbocycles. The highest BCUT2D eigenvalue weighted by atomic mass is 16.1. The minimum absolute atomic E-state index is 0.0808. The van der Waals surface area contributed by atoms with E-state index in [2.05, 4.69) is 11.9 Å². The number of hydrogen-bond donors (Lipinski definition) is 2. The molecular weight excluding hydrogens is 140 g/mol. The minimum Gasteiger partial charge on any atom is -0.352 e. The van der Waals surface area contributed by atoms with Crippen molar-refractivity contribution in [2.45, 2.75) is 6.92 Å². The lowest BCUT2D eigenvalue weighted by Gasteiger charge is -2.00. The van der Waals surface area contributed by atoms with Gasteiger partial charge in [0.15, 0.2) is 0 Å². The maximum absolute atomic E-state index is 10.4. The molecule has 0 radical (unpaired) electrons. The quantitative estimate of drug-likeness (QED) is 0.456. The zero-order chi connectivity index (χ0) is 8.69. The van der Waals surface area contributed by atoms with Crippen molar-refractivity contribution in [3.8, 4) is 0 Å². The first-order chi connectivity index (χ1) is 5.20. The number of carbonyl (C=O) groups is 1. The van der Waals surface area contributed by atoms with E-state index in [0.717, 1.165) is 5.57 Å². The summed E-state index contributed by atoms with van der Waals surface area (Å²) in [6, 6.07) is 0. The molecule has 0 aromatic carbocycles. The van der Waals surface area contributed by atoms with E-state index < -0.39 is 0 Å². The van der Waals surface area contributed by atoms with Gasteiger partial charge in [0.25, 0.3) is 0 Å². The lowest BCUT2D eigenvalue weighted by Crippen LogP contribution is -2.21. The van der Waals surface area contributed by atoms with Crippen LogP contribution in [0, 0.1) is 5.41 Å². The first kappa shape index (κ1) is 9.62. The Balaban J connectivity index is 3.88. The summed E-state index contributed by atoms with van der Waals surface area (Å²) in [5.41, 5.74) is 0.829. The van der Waals surface area contributed by atoms with Crippen LogP contribution in [0.25, 0.3) is 0 Å². The summed E-state index contributed by atoms with van der Waals surface area (Å²) in [5, 5.41) is 9.36. The molecule has 60 valence electrons. The standard InChI is InChI=1S/C8H12N2O/c1-3-8(4-5-9)6-10-7(2)11/h3-5,9H,1,6H2,2H3,(H,10,11)/b8-4+,9-5?. The van der Waals surface area contributed by atoms with Crippen molar-refractivity contribution in [3.05, 3.63) is 24.3 Å². The van der Waals surface area contributed by atoms with Gasteiger partial charge in [-0.15, -0.1) is 0 Å². The minimum atomic E-state index is -0.0808. The Morgan fingerprint density at radius 2 is 2.36 bits per heavy atom. The molecule has 2 N–H and O–H groups in total. The van der Waals surface area contributed by atoms with Crippen molar-refractivity contribution in [2.75, 3.05) is 6.54 Å². The monoisotopic (exact) mass is 152 g/mol. The van der Waals surface area contributed by atoms with E-state index in [1.54, 1.807) is 12.2 Å². The molecule has 0 bridgehead atoms. The van der Waals surface area contributed by atoms with Crippen LogP contribution >= 0.6 is 0 Å². The molecule has 0 unspecified atom stereocenters. The molecule has 0 spiro atoms. The number of allylic oxidation sites excluding steroid dienone is 1. The molecule has 0 atom stereocenters. The van der Waals surface area contributed by atoms with Crippen LogP contribution in [0.5, 0.6) is 0 Å². The third-order valence-electron chi connectivity index (χ3n) is 1.10. The van der Waals surface area contributed by atoms with Gasteiger partial charge in [0.1, 0.15) is 0 Å². The van der Waals surface area contributed by atoms with E-state index >= 15 is 0 Å². The summed E-state index contributed by atoms with van der Waals surface area (Å²) in [6.07, 6.45) is 4.36. The largest absolute Gasteiger partial charge is 0.352 e. The van der Waals surface area contributed by atoms with Gasteiger partial charge in [0, 0.05) is 19.7 Å². The summed E-state index contributed by atoms with van der Waals surface area (Å²) >= 11 is 0. The highest BCUT2D eigenvalue weighted by molar-refractivity contribution is 5.74. The van der Waals surface area contributed by atoms with Crippen LogP contribution in [-0.4, -0.2) is 18.7 Å². The average Bonchev–Trinajstić information content (AvgIpc) is 1.97. The first-order valence-electron chi connectivity index (χ1n) is 3.27. The van der Waals surface area contributed by atoms with E-state index in [4.69, 9.17) is 5.41 Å². The molecule has 0 rings (SSSR count). The molecule has 1 amide bonds. The molecule has 0 heterocycles. The van der Waals surface area contributed by atoms with Crippen molar-refractivity contribution in [3.63, 3.8) is 0 Å². The van der Waals surface area contributed by atoms with Crippen LogP contribution in [0.2, 0.25) is 0 Å². The molecule has 0 aromatic rings. The predicted molar refractivity (Wildman–Crippen MR) is 45.7 cm³/mol. The Morgan fingerprint density at radius 3 is 2.73 bits per heavy atom. The molecular formula is C8H12N2O. The zero-order valence-corrected chi connectivity index (χ0v) is 6.55.